The Bertz CT molecular complexity index is 1840. The van der Waals surface area contributed by atoms with E-state index in [-0.39, 0.29) is 77.0 Å². The molecule has 1 aliphatic heterocycles. The summed E-state index contributed by atoms with van der Waals surface area (Å²) in [5.74, 6) is -5.34. The van der Waals surface area contributed by atoms with Crippen LogP contribution in [0.15, 0.2) is 54.6 Å². The highest BCUT2D eigenvalue weighted by atomic mass is 35.5. The number of carbonyl (C=O) groups excluding carboxylic acids is 7. The summed E-state index contributed by atoms with van der Waals surface area (Å²) in [6.45, 7) is 4.55. The number of rotatable bonds is 14. The van der Waals surface area contributed by atoms with Crippen LogP contribution in [0, 0.1) is 5.92 Å². The van der Waals surface area contributed by atoms with Crippen LogP contribution in [0.1, 0.15) is 64.0 Å². The smallest absolute Gasteiger partial charge is 0.245 e. The van der Waals surface area contributed by atoms with E-state index in [1.807, 2.05) is 13.8 Å². The lowest BCUT2D eigenvalue weighted by atomic mass is 10.00. The first kappa shape index (κ1) is 53.1. The summed E-state index contributed by atoms with van der Waals surface area (Å²) < 4.78 is 0. The first-order valence-corrected chi connectivity index (χ1v) is 21.9. The van der Waals surface area contributed by atoms with Gasteiger partial charge in [0.1, 0.15) is 36.4 Å². The molecule has 354 valence electrons. The molecular weight excluding hydrogens is 850 g/mol. The van der Waals surface area contributed by atoms with Crippen molar-refractivity contribution in [2.24, 2.45) is 23.1 Å². The molecule has 20 nitrogen and oxygen atoms in total. The Hall–Kier alpha value is -5.22. The van der Waals surface area contributed by atoms with Crippen molar-refractivity contribution >= 4 is 53.0 Å². The van der Waals surface area contributed by atoms with Gasteiger partial charge in [-0.15, -0.1) is 0 Å². The van der Waals surface area contributed by atoms with Gasteiger partial charge in [0.25, 0.3) is 0 Å². The normalized spacial score (nSPS) is 25.5. The summed E-state index contributed by atoms with van der Waals surface area (Å²) in [4.78, 5) is 96.5. The Labute approximate surface area is 378 Å². The van der Waals surface area contributed by atoms with Crippen molar-refractivity contribution in [2.75, 3.05) is 26.2 Å². The number of halogens is 1. The Kier molecular flexibility index (Phi) is 22.6. The standard InChI is InChI=1S/C43H66ClN11O9/c1-24(2)21-33-41(62)52-29(13-17-45)37(58)51-31(15-19-47)40(61)55-36(25(3)56)43(64)48-20-16-32(49-35(57)23-27-9-11-28(44)12-10-27)39(60)50-30(14-18-46)38(59)54-34(42(63)53-33)22-26-7-5-4-6-8-26/h4-12,24-25,29-34,36,39,50,56,60H,13-23,45-47H2,1-3H3,(H,48,64)(H,49,57)(H,51,58)(H,52,62)(H,53,63)(H,54,59)(H,55,61)/t25-,29+,30+,31+,32+,33+,34-,36+,39?/m1/s1. The number of nitrogens with two attached hydrogens (primary N) is 3. The van der Waals surface area contributed by atoms with Crippen LogP contribution in [-0.2, 0) is 46.4 Å². The van der Waals surface area contributed by atoms with Crippen molar-refractivity contribution in [3.8, 4) is 0 Å². The lowest BCUT2D eigenvalue weighted by molar-refractivity contribution is -0.136. The van der Waals surface area contributed by atoms with E-state index in [9.17, 15) is 43.8 Å². The quantitative estimate of drug-likeness (QED) is 0.0920. The second-order valence-electron chi connectivity index (χ2n) is 16.2. The summed E-state index contributed by atoms with van der Waals surface area (Å²) in [7, 11) is 0. The molecular formula is C43H66ClN11O9. The van der Waals surface area contributed by atoms with Crippen LogP contribution in [0.3, 0.4) is 0 Å². The number of carbonyl (C=O) groups is 7. The molecule has 0 aromatic heterocycles. The fourth-order valence-corrected chi connectivity index (χ4v) is 7.10. The van der Waals surface area contributed by atoms with E-state index in [4.69, 9.17) is 28.8 Å². The monoisotopic (exact) mass is 915 g/mol. The lowest BCUT2D eigenvalue weighted by Gasteiger charge is -2.30. The molecule has 64 heavy (non-hydrogen) atoms. The van der Waals surface area contributed by atoms with Crippen molar-refractivity contribution in [3.05, 3.63) is 70.7 Å². The van der Waals surface area contributed by atoms with E-state index in [2.05, 4.69) is 42.5 Å². The van der Waals surface area contributed by atoms with E-state index < -0.39 is 96.0 Å². The highest BCUT2D eigenvalue weighted by Crippen LogP contribution is 2.13. The fraction of sp³-hybridized carbons (Fsp3) is 0.558. The van der Waals surface area contributed by atoms with Crippen LogP contribution in [-0.4, -0.2) is 132 Å². The molecule has 0 spiro atoms. The van der Waals surface area contributed by atoms with Crippen LogP contribution >= 0.6 is 11.6 Å². The average molecular weight is 917 g/mol. The third-order valence-electron chi connectivity index (χ3n) is 10.4. The molecule has 0 bridgehead atoms. The molecule has 2 aromatic carbocycles. The SMILES string of the molecule is CC(C)C[C@@H]1NC(=O)[C@@H](Cc2ccccc2)NC(=O)[C@H](CCN)NC(O)[C@@H](NC(=O)Cc2ccc(Cl)cc2)CCNC(=O)[C@H]([C@@H](C)O)NC(=O)[C@H](CCN)NC(=O)[C@H](CCN)NC1=O. The van der Waals surface area contributed by atoms with Gasteiger partial charge in [0.15, 0.2) is 0 Å². The highest BCUT2D eigenvalue weighted by Gasteiger charge is 2.35. The van der Waals surface area contributed by atoms with E-state index in [1.54, 1.807) is 54.6 Å². The molecule has 0 radical (unpaired) electrons. The predicted octanol–water partition coefficient (Wildman–Crippen LogP) is -2.70. The topological polar surface area (TPSA) is 334 Å². The Morgan fingerprint density at radius 3 is 1.75 bits per heavy atom. The van der Waals surface area contributed by atoms with Crippen LogP contribution in [0.4, 0.5) is 0 Å². The van der Waals surface area contributed by atoms with Crippen molar-refractivity contribution in [1.82, 2.24) is 42.5 Å². The molecule has 2 aromatic rings. The predicted molar refractivity (Wildman–Crippen MR) is 240 cm³/mol. The minimum absolute atomic E-state index is 0.00827. The second kappa shape index (κ2) is 27.2. The first-order chi connectivity index (χ1) is 30.4. The fourth-order valence-electron chi connectivity index (χ4n) is 6.98. The van der Waals surface area contributed by atoms with Gasteiger partial charge < -0.3 is 64.6 Å². The van der Waals surface area contributed by atoms with Gasteiger partial charge in [-0.1, -0.05) is 67.9 Å². The van der Waals surface area contributed by atoms with Gasteiger partial charge in [0, 0.05) is 18.0 Å². The van der Waals surface area contributed by atoms with Crippen molar-refractivity contribution < 1.29 is 43.8 Å². The van der Waals surface area contributed by atoms with Gasteiger partial charge >= 0.3 is 0 Å². The van der Waals surface area contributed by atoms with E-state index in [0.717, 1.165) is 0 Å². The van der Waals surface area contributed by atoms with E-state index >= 15 is 0 Å². The minimum atomic E-state index is -1.63. The summed E-state index contributed by atoms with van der Waals surface area (Å²) in [6, 6.07) is 6.40. The third-order valence-corrected chi connectivity index (χ3v) is 10.7. The lowest BCUT2D eigenvalue weighted by Crippen LogP contribution is -2.61. The molecule has 1 heterocycles. The molecule has 7 amide bonds. The van der Waals surface area contributed by atoms with Gasteiger partial charge in [-0.2, -0.15) is 0 Å². The summed E-state index contributed by atoms with van der Waals surface area (Å²) in [5, 5.41) is 44.1. The first-order valence-electron chi connectivity index (χ1n) is 21.6. The van der Waals surface area contributed by atoms with E-state index in [0.29, 0.717) is 16.1 Å². The van der Waals surface area contributed by atoms with Crippen LogP contribution in [0.5, 0.6) is 0 Å². The molecule has 21 heteroatoms. The van der Waals surface area contributed by atoms with Gasteiger partial charge in [-0.05, 0) is 87.8 Å². The zero-order valence-electron chi connectivity index (χ0n) is 36.6. The van der Waals surface area contributed by atoms with Crippen LogP contribution in [0.2, 0.25) is 5.02 Å². The number of hydrogen-bond acceptors (Lipinski definition) is 13. The zero-order chi connectivity index (χ0) is 47.3. The van der Waals surface area contributed by atoms with Gasteiger partial charge in [0.2, 0.25) is 41.4 Å². The number of nitrogens with one attached hydrogen (secondary N) is 8. The molecule has 1 fully saturated rings. The summed E-state index contributed by atoms with van der Waals surface area (Å²) in [6.07, 6.45) is -3.39. The third kappa shape index (κ3) is 17.7. The van der Waals surface area contributed by atoms with Crippen LogP contribution in [0.25, 0.3) is 0 Å². The van der Waals surface area contributed by atoms with Crippen molar-refractivity contribution in [2.45, 2.75) is 120 Å². The Balaban J connectivity index is 2.09. The van der Waals surface area contributed by atoms with Gasteiger partial charge in [0.05, 0.1) is 24.6 Å². The number of amides is 7. The van der Waals surface area contributed by atoms with Gasteiger partial charge in [-0.3, -0.25) is 38.9 Å². The maximum Gasteiger partial charge on any atom is 0.245 e. The molecule has 1 aliphatic rings. The second-order valence-corrected chi connectivity index (χ2v) is 16.7. The largest absolute Gasteiger partial charge is 0.391 e. The molecule has 16 N–H and O–H groups in total. The van der Waals surface area contributed by atoms with Crippen molar-refractivity contribution in [3.63, 3.8) is 0 Å². The molecule has 0 aliphatic carbocycles. The Morgan fingerprint density at radius 1 is 0.688 bits per heavy atom. The number of aliphatic hydroxyl groups excluding tert-OH is 2. The molecule has 0 saturated carbocycles. The average Bonchev–Trinajstić information content (AvgIpc) is 3.24. The molecule has 3 rings (SSSR count). The minimum Gasteiger partial charge on any atom is -0.391 e. The van der Waals surface area contributed by atoms with Gasteiger partial charge in [-0.25, -0.2) is 0 Å². The highest BCUT2D eigenvalue weighted by molar-refractivity contribution is 6.30. The number of benzene rings is 2. The summed E-state index contributed by atoms with van der Waals surface area (Å²) >= 11 is 6.01. The number of hydrogen-bond donors (Lipinski definition) is 13. The Morgan fingerprint density at radius 2 is 1.19 bits per heavy atom. The molecule has 9 atom stereocenters. The molecule has 1 unspecified atom stereocenters. The zero-order valence-corrected chi connectivity index (χ0v) is 37.4. The maximum absolute atomic E-state index is 14.2. The number of aliphatic hydroxyl groups is 2. The van der Waals surface area contributed by atoms with E-state index in [1.165, 1.54) is 6.92 Å². The molecule has 1 saturated heterocycles. The van der Waals surface area contributed by atoms with Crippen LogP contribution < -0.4 is 59.7 Å². The summed E-state index contributed by atoms with van der Waals surface area (Å²) in [5.41, 5.74) is 18.8. The van der Waals surface area contributed by atoms with Crippen molar-refractivity contribution in [1.29, 1.82) is 0 Å². The maximum atomic E-state index is 14.2.